The minimum Gasteiger partial charge on any atom is -0.351 e. The van der Waals surface area contributed by atoms with Crippen molar-refractivity contribution in [2.45, 2.75) is 58.0 Å². The van der Waals surface area contributed by atoms with E-state index in [1.807, 2.05) is 30.3 Å². The molecule has 0 fully saturated rings. The van der Waals surface area contributed by atoms with E-state index in [1.165, 1.54) is 22.7 Å². The van der Waals surface area contributed by atoms with Gasteiger partial charge in [-0.15, -0.1) is 22.7 Å². The summed E-state index contributed by atoms with van der Waals surface area (Å²) in [7, 11) is 1.72. The summed E-state index contributed by atoms with van der Waals surface area (Å²) in [5.74, 6) is -0.555. The molecule has 236 valence electrons. The minimum atomic E-state index is -0.478. The summed E-state index contributed by atoms with van der Waals surface area (Å²) in [6.45, 7) is 5.59. The van der Waals surface area contributed by atoms with Crippen molar-refractivity contribution in [1.29, 1.82) is 0 Å². The molecule has 1 aromatic carbocycles. The van der Waals surface area contributed by atoms with Crippen molar-refractivity contribution in [3.63, 3.8) is 0 Å². The molecule has 4 bridgehead atoms. The molecule has 1 aliphatic rings. The predicted octanol–water partition coefficient (Wildman–Crippen LogP) is 3.48. The third-order valence-electron chi connectivity index (χ3n) is 7.14. The van der Waals surface area contributed by atoms with Crippen LogP contribution in [0.2, 0.25) is 0 Å². The number of benzene rings is 1. The van der Waals surface area contributed by atoms with Gasteiger partial charge in [0, 0.05) is 36.8 Å². The number of likely N-dealkylation sites (N-methyl/N-ethyl adjacent to an activating group) is 1. The Kier molecular flexibility index (Phi) is 12.4. The zero-order valence-corrected chi connectivity index (χ0v) is 27.1. The Bertz CT molecular complexity index is 1410. The standard InChI is InChI=1S/C31H41N7O4S2/c1-20(2)15-22-30-37-25(19-44-30)29(42)35-23(16-21-9-5-4-6-10-21)31-36-24(18-43-31)28(41)33-12-8-14-38(27(40)17-32-3)13-7-11-26(39)34-22/h4-6,9-10,18-20,22-23,32H,7-8,11-17H2,1-3H3,(H,33,41)(H,34,39)(H,35,42)/t22?,23-/m0/s1. The van der Waals surface area contributed by atoms with Gasteiger partial charge in [0.1, 0.15) is 21.4 Å². The van der Waals surface area contributed by atoms with E-state index >= 15 is 0 Å². The van der Waals surface area contributed by atoms with Gasteiger partial charge in [-0.1, -0.05) is 44.2 Å². The number of nitrogens with one attached hydrogen (secondary N) is 4. The van der Waals surface area contributed by atoms with Gasteiger partial charge in [0.05, 0.1) is 18.6 Å². The van der Waals surface area contributed by atoms with Crippen LogP contribution < -0.4 is 21.3 Å². The highest BCUT2D eigenvalue weighted by atomic mass is 32.1. The van der Waals surface area contributed by atoms with Gasteiger partial charge in [0.25, 0.3) is 11.8 Å². The predicted molar refractivity (Wildman–Crippen MR) is 172 cm³/mol. The fourth-order valence-corrected chi connectivity index (χ4v) is 6.67. The Morgan fingerprint density at radius 2 is 1.61 bits per heavy atom. The molecule has 0 radical (unpaired) electrons. The van der Waals surface area contributed by atoms with Crippen LogP contribution in [-0.2, 0) is 16.0 Å². The largest absolute Gasteiger partial charge is 0.351 e. The molecule has 2 aromatic heterocycles. The first-order valence-corrected chi connectivity index (χ1v) is 16.7. The van der Waals surface area contributed by atoms with Crippen LogP contribution in [0.1, 0.15) is 88.2 Å². The number of nitrogens with zero attached hydrogens (tertiary/aromatic N) is 3. The number of carbonyl (C=O) groups excluding carboxylic acids is 4. The second kappa shape index (κ2) is 16.4. The molecule has 11 nitrogen and oxygen atoms in total. The molecule has 4 amide bonds. The molecule has 1 aliphatic heterocycles. The molecule has 3 aromatic rings. The molecule has 2 atom stereocenters. The van der Waals surface area contributed by atoms with Crippen molar-refractivity contribution in [3.8, 4) is 0 Å². The molecule has 3 heterocycles. The van der Waals surface area contributed by atoms with Crippen molar-refractivity contribution >= 4 is 46.3 Å². The lowest BCUT2D eigenvalue weighted by atomic mass is 10.0. The Balaban J connectivity index is 1.61. The molecular weight excluding hydrogens is 599 g/mol. The molecule has 4 rings (SSSR count). The van der Waals surface area contributed by atoms with Gasteiger partial charge >= 0.3 is 0 Å². The molecular formula is C31H41N7O4S2. The summed E-state index contributed by atoms with van der Waals surface area (Å²) < 4.78 is 0. The van der Waals surface area contributed by atoms with E-state index in [-0.39, 0.29) is 59.9 Å². The van der Waals surface area contributed by atoms with Gasteiger partial charge in [-0.25, -0.2) is 9.97 Å². The SMILES string of the molecule is CNCC(=O)N1CCCNC(=O)c2csc(n2)[C@H](Cc2ccccc2)NC(=O)c2csc(n2)C(CC(C)C)NC(=O)CCC1. The number of rotatable bonds is 6. The third kappa shape index (κ3) is 9.66. The number of amides is 4. The van der Waals surface area contributed by atoms with E-state index < -0.39 is 6.04 Å². The van der Waals surface area contributed by atoms with Crippen LogP contribution in [0.5, 0.6) is 0 Å². The van der Waals surface area contributed by atoms with Crippen LogP contribution in [0.4, 0.5) is 0 Å². The maximum Gasteiger partial charge on any atom is 0.271 e. The molecule has 1 unspecified atom stereocenters. The van der Waals surface area contributed by atoms with Crippen LogP contribution in [0.3, 0.4) is 0 Å². The number of hydrogen-bond donors (Lipinski definition) is 4. The number of carbonyl (C=O) groups is 4. The summed E-state index contributed by atoms with van der Waals surface area (Å²) in [6, 6.07) is 8.97. The second-order valence-corrected chi connectivity index (χ2v) is 13.0. The Morgan fingerprint density at radius 3 is 2.30 bits per heavy atom. The van der Waals surface area contributed by atoms with Crippen LogP contribution >= 0.6 is 22.7 Å². The Hall–Kier alpha value is -3.68. The van der Waals surface area contributed by atoms with Crippen molar-refractivity contribution in [3.05, 3.63) is 68.1 Å². The quantitative estimate of drug-likeness (QED) is 0.323. The smallest absolute Gasteiger partial charge is 0.271 e. The van der Waals surface area contributed by atoms with E-state index in [2.05, 4.69) is 45.1 Å². The second-order valence-electron chi connectivity index (χ2n) is 11.2. The monoisotopic (exact) mass is 639 g/mol. The summed E-state index contributed by atoms with van der Waals surface area (Å²) in [5.41, 5.74) is 1.56. The van der Waals surface area contributed by atoms with Crippen LogP contribution in [-0.4, -0.2) is 71.7 Å². The molecule has 0 saturated heterocycles. The summed E-state index contributed by atoms with van der Waals surface area (Å²) in [5, 5.41) is 16.7. The topological polar surface area (TPSA) is 145 Å². The third-order valence-corrected chi connectivity index (χ3v) is 9.06. The van der Waals surface area contributed by atoms with Gasteiger partial charge < -0.3 is 26.2 Å². The maximum absolute atomic E-state index is 13.5. The number of aromatic nitrogens is 2. The van der Waals surface area contributed by atoms with Crippen LogP contribution in [0.25, 0.3) is 0 Å². The van der Waals surface area contributed by atoms with Gasteiger partial charge in [-0.2, -0.15) is 0 Å². The molecule has 0 spiro atoms. The average Bonchev–Trinajstić information content (AvgIpc) is 3.69. The first-order valence-electron chi connectivity index (χ1n) is 15.0. The first-order chi connectivity index (χ1) is 21.2. The van der Waals surface area contributed by atoms with Gasteiger partial charge in [-0.05, 0) is 44.2 Å². The lowest BCUT2D eigenvalue weighted by molar-refractivity contribution is -0.131. The zero-order valence-electron chi connectivity index (χ0n) is 25.4. The molecule has 44 heavy (non-hydrogen) atoms. The van der Waals surface area contributed by atoms with E-state index in [9.17, 15) is 19.2 Å². The zero-order chi connectivity index (χ0) is 31.5. The molecule has 0 aliphatic carbocycles. The maximum atomic E-state index is 13.5. The van der Waals surface area contributed by atoms with Crippen molar-refractivity contribution in [2.75, 3.05) is 33.2 Å². The Labute approximate surface area is 266 Å². The van der Waals surface area contributed by atoms with Crippen molar-refractivity contribution < 1.29 is 19.2 Å². The fraction of sp³-hybridized carbons (Fsp3) is 0.484. The minimum absolute atomic E-state index is 0.0589. The highest BCUT2D eigenvalue weighted by molar-refractivity contribution is 7.10. The van der Waals surface area contributed by atoms with Crippen molar-refractivity contribution in [1.82, 2.24) is 36.1 Å². The van der Waals surface area contributed by atoms with E-state index in [4.69, 9.17) is 0 Å². The lowest BCUT2D eigenvalue weighted by Gasteiger charge is -2.23. The van der Waals surface area contributed by atoms with Crippen LogP contribution in [0, 0.1) is 5.92 Å². The lowest BCUT2D eigenvalue weighted by Crippen LogP contribution is -2.40. The van der Waals surface area contributed by atoms with E-state index in [0.29, 0.717) is 55.3 Å². The van der Waals surface area contributed by atoms with Gasteiger partial charge in [-0.3, -0.25) is 19.2 Å². The highest BCUT2D eigenvalue weighted by Crippen LogP contribution is 2.27. The number of hydrogen-bond acceptors (Lipinski definition) is 9. The fourth-order valence-electron chi connectivity index (χ4n) is 4.96. The van der Waals surface area contributed by atoms with Crippen molar-refractivity contribution in [2.24, 2.45) is 5.92 Å². The number of fused-ring (bicyclic) bond motifs is 4. The average molecular weight is 640 g/mol. The molecule has 4 N–H and O–H groups in total. The van der Waals surface area contributed by atoms with Crippen LogP contribution in [0.15, 0.2) is 41.1 Å². The molecule has 13 heteroatoms. The summed E-state index contributed by atoms with van der Waals surface area (Å²) in [6.07, 6.45) is 2.46. The van der Waals surface area contributed by atoms with Gasteiger partial charge in [0.15, 0.2) is 0 Å². The first kappa shape index (κ1) is 33.2. The number of thiazole rings is 2. The van der Waals surface area contributed by atoms with Gasteiger partial charge in [0.2, 0.25) is 11.8 Å². The van der Waals surface area contributed by atoms with E-state index in [1.54, 1.807) is 22.7 Å². The molecule has 0 saturated carbocycles. The summed E-state index contributed by atoms with van der Waals surface area (Å²) in [4.78, 5) is 63.1. The van der Waals surface area contributed by atoms with E-state index in [0.717, 1.165) is 5.56 Å². The highest BCUT2D eigenvalue weighted by Gasteiger charge is 2.25. The normalized spacial score (nSPS) is 19.1. The summed E-state index contributed by atoms with van der Waals surface area (Å²) >= 11 is 2.66. The Morgan fingerprint density at radius 1 is 0.955 bits per heavy atom.